The number of hydrogen-bond donors (Lipinski definition) is 3. The van der Waals surface area contributed by atoms with E-state index in [0.29, 0.717) is 12.0 Å². The highest BCUT2D eigenvalue weighted by atomic mass is 127. The molecule has 0 spiro atoms. The molecule has 1 aromatic carbocycles. The molecule has 0 bridgehead atoms. The molecule has 2 aromatic rings. The van der Waals surface area contributed by atoms with Crippen LogP contribution in [0.1, 0.15) is 26.3 Å². The molecule has 1 saturated heterocycles. The summed E-state index contributed by atoms with van der Waals surface area (Å²) in [6, 6.07) is 5.27. The number of aliphatic imine (C=N–C) groups is 1. The summed E-state index contributed by atoms with van der Waals surface area (Å²) in [5.41, 5.74) is 2.07. The van der Waals surface area contributed by atoms with Crippen molar-refractivity contribution in [2.24, 2.45) is 10.9 Å². The Bertz CT molecular complexity index is 804. The van der Waals surface area contributed by atoms with E-state index in [-0.39, 0.29) is 29.8 Å². The molecule has 6 nitrogen and oxygen atoms in total. The Hall–Kier alpha value is -1.39. The van der Waals surface area contributed by atoms with Crippen LogP contribution in [-0.4, -0.2) is 67.8 Å². The number of benzene rings is 1. The first-order chi connectivity index (χ1) is 14.1. The van der Waals surface area contributed by atoms with Crippen LogP contribution in [0.2, 0.25) is 0 Å². The Morgan fingerprint density at radius 3 is 2.73 bits per heavy atom. The largest absolute Gasteiger partial charge is 0.379 e. The number of rotatable bonds is 8. The Morgan fingerprint density at radius 1 is 1.27 bits per heavy atom. The Kier molecular flexibility index (Phi) is 10.3. The van der Waals surface area contributed by atoms with Crippen LogP contribution < -0.4 is 10.6 Å². The fourth-order valence-electron chi connectivity index (χ4n) is 3.86. The number of fused-ring (bicyclic) bond motifs is 1. The molecule has 0 saturated carbocycles. The average Bonchev–Trinajstić information content (AvgIpc) is 3.11. The van der Waals surface area contributed by atoms with Crippen LogP contribution in [0.3, 0.4) is 0 Å². The van der Waals surface area contributed by atoms with Crippen molar-refractivity contribution in [3.63, 3.8) is 0 Å². The standard InChI is InChI=1S/C22H34FN5O.HI/c1-4-24-22(27-15-21(16(2)3)28-9-11-29-12-10-28)25-8-7-17-14-26-20-6-5-18(23)13-19(17)20;/h5-6,13-14,16,21,26H,4,7-12,15H2,1-3H3,(H2,24,25,27);1H. The van der Waals surface area contributed by atoms with Gasteiger partial charge in [0, 0.05) is 49.3 Å². The van der Waals surface area contributed by atoms with E-state index < -0.39 is 0 Å². The second-order valence-corrected chi connectivity index (χ2v) is 7.86. The number of aromatic amines is 1. The van der Waals surface area contributed by atoms with Gasteiger partial charge in [-0.15, -0.1) is 24.0 Å². The van der Waals surface area contributed by atoms with Gasteiger partial charge in [-0.3, -0.25) is 9.89 Å². The van der Waals surface area contributed by atoms with Crippen molar-refractivity contribution in [1.29, 1.82) is 0 Å². The summed E-state index contributed by atoms with van der Waals surface area (Å²) >= 11 is 0. The zero-order valence-corrected chi connectivity index (χ0v) is 20.5. The minimum Gasteiger partial charge on any atom is -0.379 e. The third kappa shape index (κ3) is 6.81. The highest BCUT2D eigenvalue weighted by molar-refractivity contribution is 14.0. The first kappa shape index (κ1) is 24.9. The van der Waals surface area contributed by atoms with Gasteiger partial charge in [-0.1, -0.05) is 13.8 Å². The smallest absolute Gasteiger partial charge is 0.191 e. The minimum absolute atomic E-state index is 0. The highest BCUT2D eigenvalue weighted by Gasteiger charge is 2.23. The third-order valence-electron chi connectivity index (χ3n) is 5.48. The monoisotopic (exact) mass is 531 g/mol. The van der Waals surface area contributed by atoms with Gasteiger partial charge in [0.1, 0.15) is 5.82 Å². The van der Waals surface area contributed by atoms with Crippen LogP contribution in [0, 0.1) is 11.7 Å². The molecular formula is C22H35FIN5O. The Morgan fingerprint density at radius 2 is 2.03 bits per heavy atom. The lowest BCUT2D eigenvalue weighted by Crippen LogP contribution is -2.48. The number of ether oxygens (including phenoxy) is 1. The quantitative estimate of drug-likeness (QED) is 0.278. The SMILES string of the molecule is CCNC(=NCC(C(C)C)N1CCOCC1)NCCc1c[nH]c2ccc(F)cc12.I. The van der Waals surface area contributed by atoms with Crippen molar-refractivity contribution in [3.05, 3.63) is 35.8 Å². The molecule has 1 atom stereocenters. The van der Waals surface area contributed by atoms with Crippen LogP contribution in [0.15, 0.2) is 29.4 Å². The van der Waals surface area contributed by atoms with E-state index in [1.807, 2.05) is 6.20 Å². The van der Waals surface area contributed by atoms with Gasteiger partial charge >= 0.3 is 0 Å². The van der Waals surface area contributed by atoms with E-state index in [1.54, 1.807) is 12.1 Å². The summed E-state index contributed by atoms with van der Waals surface area (Å²) in [7, 11) is 0. The fourth-order valence-corrected chi connectivity index (χ4v) is 3.86. The second-order valence-electron chi connectivity index (χ2n) is 7.86. The van der Waals surface area contributed by atoms with E-state index >= 15 is 0 Å². The predicted molar refractivity (Wildman–Crippen MR) is 132 cm³/mol. The maximum Gasteiger partial charge on any atom is 0.191 e. The van der Waals surface area contributed by atoms with Crippen LogP contribution in [0.4, 0.5) is 4.39 Å². The van der Waals surface area contributed by atoms with E-state index in [1.165, 1.54) is 6.07 Å². The molecule has 0 amide bonds. The molecule has 0 radical (unpaired) electrons. The predicted octanol–water partition coefficient (Wildman–Crippen LogP) is 3.38. The zero-order chi connectivity index (χ0) is 20.6. The first-order valence-electron chi connectivity index (χ1n) is 10.7. The lowest BCUT2D eigenvalue weighted by atomic mass is 10.0. The number of halogens is 2. The lowest BCUT2D eigenvalue weighted by Gasteiger charge is -2.36. The summed E-state index contributed by atoms with van der Waals surface area (Å²) < 4.78 is 19.1. The molecular weight excluding hydrogens is 496 g/mol. The molecule has 3 N–H and O–H groups in total. The maximum absolute atomic E-state index is 13.6. The summed E-state index contributed by atoms with van der Waals surface area (Å²) in [6.07, 6.45) is 2.76. The normalized spacial score (nSPS) is 16.5. The van der Waals surface area contributed by atoms with E-state index in [9.17, 15) is 4.39 Å². The maximum atomic E-state index is 13.6. The molecule has 0 aliphatic carbocycles. The van der Waals surface area contributed by atoms with Crippen LogP contribution in [-0.2, 0) is 11.2 Å². The topological polar surface area (TPSA) is 64.7 Å². The molecule has 1 aliphatic heterocycles. The van der Waals surface area contributed by atoms with Crippen molar-refractivity contribution >= 4 is 40.8 Å². The van der Waals surface area contributed by atoms with Crippen LogP contribution in [0.5, 0.6) is 0 Å². The van der Waals surface area contributed by atoms with Crippen molar-refractivity contribution in [3.8, 4) is 0 Å². The van der Waals surface area contributed by atoms with E-state index in [2.05, 4.69) is 41.3 Å². The number of hydrogen-bond acceptors (Lipinski definition) is 3. The molecule has 168 valence electrons. The van der Waals surface area contributed by atoms with Crippen LogP contribution >= 0.6 is 24.0 Å². The third-order valence-corrected chi connectivity index (χ3v) is 5.48. The Balaban J connectivity index is 0.00000320. The number of aromatic nitrogens is 1. The summed E-state index contributed by atoms with van der Waals surface area (Å²) in [5.74, 6) is 1.15. The summed E-state index contributed by atoms with van der Waals surface area (Å²) in [5, 5.41) is 7.70. The summed E-state index contributed by atoms with van der Waals surface area (Å²) in [6.45, 7) is 12.4. The van der Waals surface area contributed by atoms with Gasteiger partial charge in [-0.05, 0) is 43.0 Å². The van der Waals surface area contributed by atoms with Gasteiger partial charge in [0.2, 0.25) is 0 Å². The number of H-pyrrole nitrogens is 1. The average molecular weight is 531 g/mol. The number of nitrogens with zero attached hydrogens (tertiary/aromatic N) is 2. The Labute approximate surface area is 196 Å². The van der Waals surface area contributed by atoms with Gasteiger partial charge < -0.3 is 20.4 Å². The molecule has 8 heteroatoms. The van der Waals surface area contributed by atoms with Gasteiger partial charge in [-0.2, -0.15) is 0 Å². The lowest BCUT2D eigenvalue weighted by molar-refractivity contribution is 0.00867. The zero-order valence-electron chi connectivity index (χ0n) is 18.2. The second kappa shape index (κ2) is 12.5. The molecule has 2 heterocycles. The van der Waals surface area contributed by atoms with Crippen molar-refractivity contribution in [1.82, 2.24) is 20.5 Å². The van der Waals surface area contributed by atoms with Crippen LogP contribution in [0.25, 0.3) is 10.9 Å². The van der Waals surface area contributed by atoms with Crippen molar-refractivity contribution in [2.75, 3.05) is 45.9 Å². The van der Waals surface area contributed by atoms with Gasteiger partial charge in [0.05, 0.1) is 19.8 Å². The number of morpholine rings is 1. The number of guanidine groups is 1. The molecule has 3 rings (SSSR count). The van der Waals surface area contributed by atoms with Gasteiger partial charge in [0.25, 0.3) is 0 Å². The van der Waals surface area contributed by atoms with Gasteiger partial charge in [0.15, 0.2) is 5.96 Å². The molecule has 1 aromatic heterocycles. The van der Waals surface area contributed by atoms with E-state index in [4.69, 9.17) is 9.73 Å². The summed E-state index contributed by atoms with van der Waals surface area (Å²) in [4.78, 5) is 10.5. The van der Waals surface area contributed by atoms with Crippen molar-refractivity contribution < 1.29 is 9.13 Å². The highest BCUT2D eigenvalue weighted by Crippen LogP contribution is 2.19. The molecule has 1 aliphatic rings. The van der Waals surface area contributed by atoms with Crippen molar-refractivity contribution in [2.45, 2.75) is 33.2 Å². The van der Waals surface area contributed by atoms with Gasteiger partial charge in [-0.25, -0.2) is 4.39 Å². The minimum atomic E-state index is -0.205. The van der Waals surface area contributed by atoms with E-state index in [0.717, 1.165) is 74.8 Å². The fraction of sp³-hybridized carbons (Fsp3) is 0.591. The molecule has 30 heavy (non-hydrogen) atoms. The first-order valence-corrected chi connectivity index (χ1v) is 10.7. The number of nitrogens with one attached hydrogen (secondary N) is 3. The molecule has 1 fully saturated rings. The molecule has 1 unspecified atom stereocenters.